The van der Waals surface area contributed by atoms with Crippen molar-refractivity contribution in [2.45, 2.75) is 45.6 Å². The molecule has 1 aliphatic carbocycles. The van der Waals surface area contributed by atoms with Gasteiger partial charge in [-0.15, -0.1) is 0 Å². The van der Waals surface area contributed by atoms with Crippen LogP contribution in [-0.4, -0.2) is 6.04 Å². The Kier molecular flexibility index (Phi) is 3.30. The quantitative estimate of drug-likeness (QED) is 0.766. The van der Waals surface area contributed by atoms with Gasteiger partial charge in [-0.05, 0) is 50.2 Å². The van der Waals surface area contributed by atoms with Crippen molar-refractivity contribution in [3.63, 3.8) is 0 Å². The maximum atomic E-state index is 3.67. The Balaban J connectivity index is 1.95. The van der Waals surface area contributed by atoms with E-state index in [1.54, 1.807) is 0 Å². The van der Waals surface area contributed by atoms with Crippen molar-refractivity contribution in [1.29, 1.82) is 0 Å². The van der Waals surface area contributed by atoms with Crippen molar-refractivity contribution in [2.24, 2.45) is 5.92 Å². The van der Waals surface area contributed by atoms with E-state index in [4.69, 9.17) is 0 Å². The molecular formula is C14H21N. The van der Waals surface area contributed by atoms with Gasteiger partial charge in [0.05, 0.1) is 0 Å². The first-order valence-electron chi connectivity index (χ1n) is 6.08. The van der Waals surface area contributed by atoms with Crippen LogP contribution in [0.5, 0.6) is 0 Å². The molecule has 82 valence electrons. The topological polar surface area (TPSA) is 12.0 Å². The summed E-state index contributed by atoms with van der Waals surface area (Å²) in [5.41, 5.74) is 2.67. The fourth-order valence-electron chi connectivity index (χ4n) is 2.36. The van der Waals surface area contributed by atoms with E-state index in [9.17, 15) is 0 Å². The number of hydrogen-bond donors (Lipinski definition) is 1. The number of para-hydroxylation sites is 1. The van der Waals surface area contributed by atoms with Crippen LogP contribution in [0.2, 0.25) is 0 Å². The van der Waals surface area contributed by atoms with Crippen LogP contribution in [0.15, 0.2) is 24.3 Å². The molecule has 0 aromatic heterocycles. The van der Waals surface area contributed by atoms with E-state index in [0.29, 0.717) is 6.04 Å². The van der Waals surface area contributed by atoms with Crippen molar-refractivity contribution in [3.05, 3.63) is 29.8 Å². The Morgan fingerprint density at radius 3 is 2.40 bits per heavy atom. The maximum absolute atomic E-state index is 3.67. The molecular weight excluding hydrogens is 182 g/mol. The molecule has 0 saturated heterocycles. The highest BCUT2D eigenvalue weighted by molar-refractivity contribution is 5.50. The van der Waals surface area contributed by atoms with E-state index in [1.165, 1.54) is 36.9 Å². The summed E-state index contributed by atoms with van der Waals surface area (Å²) in [5, 5.41) is 3.67. The normalized spacial score (nSPS) is 26.3. The van der Waals surface area contributed by atoms with Gasteiger partial charge in [0.2, 0.25) is 0 Å². The first-order chi connectivity index (χ1) is 7.25. The van der Waals surface area contributed by atoms with E-state index in [2.05, 4.69) is 43.4 Å². The molecule has 0 unspecified atom stereocenters. The Labute approximate surface area is 92.9 Å². The van der Waals surface area contributed by atoms with Crippen LogP contribution in [0.25, 0.3) is 0 Å². The summed E-state index contributed by atoms with van der Waals surface area (Å²) in [6.07, 6.45) is 5.41. The van der Waals surface area contributed by atoms with Crippen LogP contribution in [0, 0.1) is 12.8 Å². The number of rotatable bonds is 2. The zero-order chi connectivity index (χ0) is 10.7. The summed E-state index contributed by atoms with van der Waals surface area (Å²) in [5.74, 6) is 0.930. The first-order valence-corrected chi connectivity index (χ1v) is 6.08. The molecule has 0 heterocycles. The fraction of sp³-hybridized carbons (Fsp3) is 0.571. The molecule has 1 saturated carbocycles. The zero-order valence-corrected chi connectivity index (χ0v) is 9.79. The first kappa shape index (κ1) is 10.5. The minimum absolute atomic E-state index is 0.697. The standard InChI is InChI=1S/C14H21N/c1-11-7-9-13(10-8-11)15-14-6-4-3-5-12(14)2/h3-6,11,13,15H,7-10H2,1-2H3. The molecule has 15 heavy (non-hydrogen) atoms. The van der Waals surface area contributed by atoms with Crippen molar-refractivity contribution in [1.82, 2.24) is 0 Å². The molecule has 2 rings (SSSR count). The molecule has 0 radical (unpaired) electrons. The second-order valence-corrected chi connectivity index (χ2v) is 4.92. The van der Waals surface area contributed by atoms with Gasteiger partial charge < -0.3 is 5.32 Å². The molecule has 1 nitrogen and oxygen atoms in total. The van der Waals surface area contributed by atoms with Crippen molar-refractivity contribution < 1.29 is 0 Å². The summed E-state index contributed by atoms with van der Waals surface area (Å²) < 4.78 is 0. The van der Waals surface area contributed by atoms with Gasteiger partial charge in [-0.2, -0.15) is 0 Å². The number of anilines is 1. The van der Waals surface area contributed by atoms with Crippen LogP contribution < -0.4 is 5.32 Å². The van der Waals surface area contributed by atoms with Crippen molar-refractivity contribution in [2.75, 3.05) is 5.32 Å². The van der Waals surface area contributed by atoms with E-state index < -0.39 is 0 Å². The van der Waals surface area contributed by atoms with Crippen LogP contribution >= 0.6 is 0 Å². The maximum Gasteiger partial charge on any atom is 0.0372 e. The van der Waals surface area contributed by atoms with E-state index in [-0.39, 0.29) is 0 Å². The Hall–Kier alpha value is -0.980. The molecule has 1 heteroatoms. The lowest BCUT2D eigenvalue weighted by Gasteiger charge is -2.28. The number of benzene rings is 1. The molecule has 0 spiro atoms. The fourth-order valence-corrected chi connectivity index (χ4v) is 2.36. The smallest absolute Gasteiger partial charge is 0.0372 e. The zero-order valence-electron chi connectivity index (χ0n) is 9.79. The minimum Gasteiger partial charge on any atom is -0.382 e. The van der Waals surface area contributed by atoms with Gasteiger partial charge in [-0.1, -0.05) is 25.1 Å². The number of nitrogens with one attached hydrogen (secondary N) is 1. The Bertz CT molecular complexity index is 311. The molecule has 1 N–H and O–H groups in total. The van der Waals surface area contributed by atoms with Gasteiger partial charge in [0.15, 0.2) is 0 Å². The highest BCUT2D eigenvalue weighted by Crippen LogP contribution is 2.26. The third-order valence-electron chi connectivity index (χ3n) is 3.52. The Morgan fingerprint density at radius 2 is 1.73 bits per heavy atom. The molecule has 0 bridgehead atoms. The molecule has 0 aliphatic heterocycles. The molecule has 0 atom stereocenters. The SMILES string of the molecule is Cc1ccccc1NC1CCC(C)CC1. The summed E-state index contributed by atoms with van der Waals surface area (Å²) >= 11 is 0. The monoisotopic (exact) mass is 203 g/mol. The molecule has 1 fully saturated rings. The van der Waals surface area contributed by atoms with E-state index in [1.807, 2.05) is 0 Å². The average molecular weight is 203 g/mol. The van der Waals surface area contributed by atoms with Crippen molar-refractivity contribution >= 4 is 5.69 Å². The lowest BCUT2D eigenvalue weighted by Crippen LogP contribution is -2.25. The van der Waals surface area contributed by atoms with Crippen molar-refractivity contribution in [3.8, 4) is 0 Å². The predicted molar refractivity (Wildman–Crippen MR) is 66.2 cm³/mol. The third kappa shape index (κ3) is 2.74. The van der Waals surface area contributed by atoms with Crippen LogP contribution in [0.3, 0.4) is 0 Å². The van der Waals surface area contributed by atoms with Crippen LogP contribution in [0.1, 0.15) is 38.2 Å². The average Bonchev–Trinajstić information content (AvgIpc) is 2.25. The van der Waals surface area contributed by atoms with Gasteiger partial charge in [-0.25, -0.2) is 0 Å². The van der Waals surface area contributed by atoms with Gasteiger partial charge in [0.25, 0.3) is 0 Å². The Morgan fingerprint density at radius 1 is 1.07 bits per heavy atom. The third-order valence-corrected chi connectivity index (χ3v) is 3.52. The second-order valence-electron chi connectivity index (χ2n) is 4.92. The predicted octanol–water partition coefficient (Wildman–Crippen LogP) is 3.99. The molecule has 1 aromatic rings. The van der Waals surface area contributed by atoms with Gasteiger partial charge in [0, 0.05) is 11.7 Å². The van der Waals surface area contributed by atoms with Crippen LogP contribution in [-0.2, 0) is 0 Å². The largest absolute Gasteiger partial charge is 0.382 e. The number of hydrogen-bond acceptors (Lipinski definition) is 1. The lowest BCUT2D eigenvalue weighted by molar-refractivity contribution is 0.361. The minimum atomic E-state index is 0.697. The van der Waals surface area contributed by atoms with E-state index in [0.717, 1.165) is 5.92 Å². The summed E-state index contributed by atoms with van der Waals surface area (Å²) in [7, 11) is 0. The highest BCUT2D eigenvalue weighted by Gasteiger charge is 2.17. The summed E-state index contributed by atoms with van der Waals surface area (Å²) in [6.45, 7) is 4.54. The lowest BCUT2D eigenvalue weighted by atomic mass is 9.87. The number of aryl methyl sites for hydroxylation is 1. The van der Waals surface area contributed by atoms with E-state index >= 15 is 0 Å². The van der Waals surface area contributed by atoms with Gasteiger partial charge in [-0.3, -0.25) is 0 Å². The van der Waals surface area contributed by atoms with Gasteiger partial charge in [0.1, 0.15) is 0 Å². The molecule has 1 aliphatic rings. The summed E-state index contributed by atoms with van der Waals surface area (Å²) in [6, 6.07) is 9.27. The molecule has 0 amide bonds. The summed E-state index contributed by atoms with van der Waals surface area (Å²) in [4.78, 5) is 0. The van der Waals surface area contributed by atoms with Crippen LogP contribution in [0.4, 0.5) is 5.69 Å². The van der Waals surface area contributed by atoms with Gasteiger partial charge >= 0.3 is 0 Å². The second kappa shape index (κ2) is 4.69. The highest BCUT2D eigenvalue weighted by atomic mass is 14.9. The molecule has 1 aromatic carbocycles.